The molecule has 0 spiro atoms. The van der Waals surface area contributed by atoms with Gasteiger partial charge in [-0.1, -0.05) is 11.6 Å². The van der Waals surface area contributed by atoms with Crippen molar-refractivity contribution in [1.29, 1.82) is 0 Å². The number of hydrogen-bond donors (Lipinski definition) is 0. The van der Waals surface area contributed by atoms with Crippen LogP contribution in [0.1, 0.15) is 28.5 Å². The zero-order chi connectivity index (χ0) is 12.6. The Labute approximate surface area is 105 Å². The lowest BCUT2D eigenvalue weighted by Crippen LogP contribution is -2.03. The van der Waals surface area contributed by atoms with Gasteiger partial charge in [-0.25, -0.2) is 4.68 Å². The Morgan fingerprint density at radius 1 is 1.35 bits per heavy atom. The lowest BCUT2D eigenvalue weighted by molar-refractivity contribution is 0.101. The SMILES string of the molecule is CC(=O)c1cnn(-c2ccc(Cl)cc2C)c1C. The van der Waals surface area contributed by atoms with Crippen LogP contribution in [-0.2, 0) is 0 Å². The molecule has 0 saturated heterocycles. The monoisotopic (exact) mass is 248 g/mol. The summed E-state index contributed by atoms with van der Waals surface area (Å²) >= 11 is 5.92. The molecule has 0 aliphatic carbocycles. The fourth-order valence-corrected chi connectivity index (χ4v) is 2.08. The number of carbonyl (C=O) groups is 1. The topological polar surface area (TPSA) is 34.9 Å². The predicted octanol–water partition coefficient (Wildman–Crippen LogP) is 3.35. The minimum absolute atomic E-state index is 0.0281. The van der Waals surface area contributed by atoms with Gasteiger partial charge in [0, 0.05) is 5.02 Å². The Balaban J connectivity index is 2.57. The fourth-order valence-electron chi connectivity index (χ4n) is 1.85. The van der Waals surface area contributed by atoms with Crippen molar-refractivity contribution in [2.45, 2.75) is 20.8 Å². The average Bonchev–Trinajstić information content (AvgIpc) is 2.60. The molecule has 88 valence electrons. The number of benzene rings is 1. The summed E-state index contributed by atoms with van der Waals surface area (Å²) in [6.45, 7) is 5.40. The first-order valence-electron chi connectivity index (χ1n) is 5.33. The third-order valence-corrected chi connectivity index (χ3v) is 3.01. The van der Waals surface area contributed by atoms with Gasteiger partial charge < -0.3 is 0 Å². The Kier molecular flexibility index (Phi) is 3.03. The molecule has 0 atom stereocenters. The maximum absolute atomic E-state index is 11.4. The zero-order valence-electron chi connectivity index (χ0n) is 9.99. The number of rotatable bonds is 2. The zero-order valence-corrected chi connectivity index (χ0v) is 10.7. The van der Waals surface area contributed by atoms with Crippen molar-refractivity contribution in [3.05, 3.63) is 46.2 Å². The predicted molar refractivity (Wildman–Crippen MR) is 68.1 cm³/mol. The molecule has 0 unspecified atom stereocenters. The Morgan fingerprint density at radius 2 is 2.06 bits per heavy atom. The van der Waals surface area contributed by atoms with Gasteiger partial charge in [0.15, 0.2) is 5.78 Å². The molecule has 0 N–H and O–H groups in total. The largest absolute Gasteiger partial charge is 0.294 e. The van der Waals surface area contributed by atoms with E-state index in [2.05, 4.69) is 5.10 Å². The van der Waals surface area contributed by atoms with Gasteiger partial charge in [-0.15, -0.1) is 0 Å². The molecule has 0 fully saturated rings. The van der Waals surface area contributed by atoms with E-state index in [0.717, 1.165) is 16.9 Å². The smallest absolute Gasteiger partial charge is 0.163 e. The van der Waals surface area contributed by atoms with Gasteiger partial charge in [0.1, 0.15) is 0 Å². The van der Waals surface area contributed by atoms with Crippen molar-refractivity contribution in [3.63, 3.8) is 0 Å². The second-order valence-electron chi connectivity index (χ2n) is 4.04. The number of aromatic nitrogens is 2. The second-order valence-corrected chi connectivity index (χ2v) is 4.48. The Bertz CT molecular complexity index is 587. The van der Waals surface area contributed by atoms with E-state index in [-0.39, 0.29) is 5.78 Å². The molecule has 0 bridgehead atoms. The summed E-state index contributed by atoms with van der Waals surface area (Å²) in [5, 5.41) is 4.95. The van der Waals surface area contributed by atoms with Crippen LogP contribution in [0.2, 0.25) is 5.02 Å². The van der Waals surface area contributed by atoms with E-state index in [1.165, 1.54) is 0 Å². The first kappa shape index (κ1) is 11.9. The quantitative estimate of drug-likeness (QED) is 0.764. The van der Waals surface area contributed by atoms with Crippen molar-refractivity contribution >= 4 is 17.4 Å². The lowest BCUT2D eigenvalue weighted by Gasteiger charge is -2.08. The van der Waals surface area contributed by atoms with Gasteiger partial charge in [-0.3, -0.25) is 4.79 Å². The van der Waals surface area contributed by atoms with Crippen molar-refractivity contribution in [1.82, 2.24) is 9.78 Å². The van der Waals surface area contributed by atoms with E-state index in [4.69, 9.17) is 11.6 Å². The minimum Gasteiger partial charge on any atom is -0.294 e. The molecule has 0 amide bonds. The Hall–Kier alpha value is -1.61. The molecule has 4 heteroatoms. The van der Waals surface area contributed by atoms with Gasteiger partial charge in [-0.2, -0.15) is 5.10 Å². The molecule has 0 saturated carbocycles. The van der Waals surface area contributed by atoms with Crippen molar-refractivity contribution in [2.75, 3.05) is 0 Å². The highest BCUT2D eigenvalue weighted by Gasteiger charge is 2.12. The maximum atomic E-state index is 11.4. The lowest BCUT2D eigenvalue weighted by atomic mass is 10.1. The van der Waals surface area contributed by atoms with Crippen LogP contribution in [0.4, 0.5) is 0 Å². The number of halogens is 1. The van der Waals surface area contributed by atoms with Gasteiger partial charge in [0.25, 0.3) is 0 Å². The van der Waals surface area contributed by atoms with Gasteiger partial charge in [-0.05, 0) is 44.5 Å². The molecule has 2 rings (SSSR count). The van der Waals surface area contributed by atoms with Gasteiger partial charge >= 0.3 is 0 Å². The first-order chi connectivity index (χ1) is 8.00. The van der Waals surface area contributed by atoms with E-state index in [0.29, 0.717) is 10.6 Å². The van der Waals surface area contributed by atoms with Crippen LogP contribution in [0.15, 0.2) is 24.4 Å². The van der Waals surface area contributed by atoms with Crippen molar-refractivity contribution in [3.8, 4) is 5.69 Å². The van der Waals surface area contributed by atoms with Crippen molar-refractivity contribution in [2.24, 2.45) is 0 Å². The van der Waals surface area contributed by atoms with Crippen LogP contribution in [0, 0.1) is 13.8 Å². The third kappa shape index (κ3) is 2.11. The molecular weight excluding hydrogens is 236 g/mol. The summed E-state index contributed by atoms with van der Waals surface area (Å²) in [5.74, 6) is 0.0281. The van der Waals surface area contributed by atoms with E-state index >= 15 is 0 Å². The Morgan fingerprint density at radius 3 is 2.59 bits per heavy atom. The number of nitrogens with zero attached hydrogens (tertiary/aromatic N) is 2. The summed E-state index contributed by atoms with van der Waals surface area (Å²) in [5.41, 5.74) is 3.47. The third-order valence-electron chi connectivity index (χ3n) is 2.78. The van der Waals surface area contributed by atoms with Crippen LogP contribution in [0.3, 0.4) is 0 Å². The van der Waals surface area contributed by atoms with Crippen LogP contribution in [-0.4, -0.2) is 15.6 Å². The molecular formula is C13H13ClN2O. The molecule has 0 aliphatic rings. The molecule has 0 radical (unpaired) electrons. The standard InChI is InChI=1S/C13H13ClN2O/c1-8-6-11(14)4-5-13(8)16-9(2)12(7-15-16)10(3)17/h4-7H,1-3H3. The first-order valence-corrected chi connectivity index (χ1v) is 5.70. The van der Waals surface area contributed by atoms with E-state index in [1.54, 1.807) is 17.8 Å². The summed E-state index contributed by atoms with van der Waals surface area (Å²) in [6.07, 6.45) is 1.60. The van der Waals surface area contributed by atoms with Crippen LogP contribution >= 0.6 is 11.6 Å². The fraction of sp³-hybridized carbons (Fsp3) is 0.231. The van der Waals surface area contributed by atoms with Gasteiger partial charge in [0.05, 0.1) is 23.1 Å². The van der Waals surface area contributed by atoms with E-state index in [9.17, 15) is 4.79 Å². The van der Waals surface area contributed by atoms with E-state index < -0.39 is 0 Å². The van der Waals surface area contributed by atoms with Gasteiger partial charge in [0.2, 0.25) is 0 Å². The van der Waals surface area contributed by atoms with Crippen LogP contribution in [0.5, 0.6) is 0 Å². The van der Waals surface area contributed by atoms with Crippen LogP contribution in [0.25, 0.3) is 5.69 Å². The molecule has 2 aromatic rings. The number of carbonyl (C=O) groups excluding carboxylic acids is 1. The highest BCUT2D eigenvalue weighted by atomic mass is 35.5. The number of hydrogen-bond acceptors (Lipinski definition) is 2. The second kappa shape index (κ2) is 4.34. The normalized spacial score (nSPS) is 10.6. The summed E-state index contributed by atoms with van der Waals surface area (Å²) in [6, 6.07) is 5.60. The van der Waals surface area contributed by atoms with Crippen LogP contribution < -0.4 is 0 Å². The molecule has 3 nitrogen and oxygen atoms in total. The van der Waals surface area contributed by atoms with E-state index in [1.807, 2.05) is 32.0 Å². The number of Topliss-reactive ketones (excluding diaryl/α,β-unsaturated/α-hetero) is 1. The average molecular weight is 249 g/mol. The highest BCUT2D eigenvalue weighted by molar-refractivity contribution is 6.30. The highest BCUT2D eigenvalue weighted by Crippen LogP contribution is 2.21. The maximum Gasteiger partial charge on any atom is 0.163 e. The molecule has 1 aromatic heterocycles. The minimum atomic E-state index is 0.0281. The molecule has 17 heavy (non-hydrogen) atoms. The summed E-state index contributed by atoms with van der Waals surface area (Å²) in [4.78, 5) is 11.4. The summed E-state index contributed by atoms with van der Waals surface area (Å²) in [7, 11) is 0. The molecule has 0 aliphatic heterocycles. The number of aryl methyl sites for hydroxylation is 1. The molecule has 1 aromatic carbocycles. The molecule has 1 heterocycles. The number of ketones is 1. The van der Waals surface area contributed by atoms with Crippen molar-refractivity contribution < 1.29 is 4.79 Å². The summed E-state index contributed by atoms with van der Waals surface area (Å²) < 4.78 is 1.77.